The summed E-state index contributed by atoms with van der Waals surface area (Å²) in [5.41, 5.74) is 1.88. The molecule has 0 saturated heterocycles. The molecule has 23 heavy (non-hydrogen) atoms. The second kappa shape index (κ2) is 9.56. The number of amides is 1. The predicted octanol–water partition coefficient (Wildman–Crippen LogP) is 3.29. The maximum atomic E-state index is 11.9. The summed E-state index contributed by atoms with van der Waals surface area (Å²) in [6, 6.07) is 5.60. The number of aryl methyl sites for hydroxylation is 1. The first-order valence-electron chi connectivity index (χ1n) is 8.54. The number of phenolic OH excluding ortho intramolecular Hbond substituents is 1. The largest absolute Gasteiger partial charge is 0.508 e. The molecule has 0 atom stereocenters. The first kappa shape index (κ1) is 19.5. The molecule has 130 valence electrons. The number of aliphatic hydroxyl groups excluding tert-OH is 1. The van der Waals surface area contributed by atoms with Gasteiger partial charge < -0.3 is 15.5 Å². The highest BCUT2D eigenvalue weighted by atomic mass is 16.3. The molecular formula is C19H31NO3. The highest BCUT2D eigenvalue weighted by Gasteiger charge is 2.18. The van der Waals surface area contributed by atoms with Gasteiger partial charge in [0, 0.05) is 19.6 Å². The van der Waals surface area contributed by atoms with Crippen molar-refractivity contribution in [2.24, 2.45) is 0 Å². The second-order valence-electron chi connectivity index (χ2n) is 7.09. The van der Waals surface area contributed by atoms with E-state index in [4.69, 9.17) is 5.11 Å². The molecule has 0 spiro atoms. The molecule has 0 aliphatic rings. The summed E-state index contributed by atoms with van der Waals surface area (Å²) >= 11 is 0. The summed E-state index contributed by atoms with van der Waals surface area (Å²) in [5.74, 6) is 0.381. The second-order valence-corrected chi connectivity index (χ2v) is 7.09. The van der Waals surface area contributed by atoms with Crippen molar-refractivity contribution >= 4 is 5.91 Å². The van der Waals surface area contributed by atoms with E-state index in [1.807, 2.05) is 12.1 Å². The van der Waals surface area contributed by atoms with E-state index < -0.39 is 0 Å². The molecule has 4 nitrogen and oxygen atoms in total. The highest BCUT2D eigenvalue weighted by molar-refractivity contribution is 5.76. The van der Waals surface area contributed by atoms with Crippen molar-refractivity contribution in [2.45, 2.75) is 64.7 Å². The minimum Gasteiger partial charge on any atom is -0.508 e. The Balaban J connectivity index is 2.36. The fourth-order valence-corrected chi connectivity index (χ4v) is 2.50. The number of phenols is 1. The van der Waals surface area contributed by atoms with Crippen molar-refractivity contribution < 1.29 is 15.0 Å². The smallest absolute Gasteiger partial charge is 0.220 e. The highest BCUT2D eigenvalue weighted by Crippen LogP contribution is 2.31. The Labute approximate surface area is 139 Å². The van der Waals surface area contributed by atoms with Crippen molar-refractivity contribution in [3.63, 3.8) is 0 Å². The summed E-state index contributed by atoms with van der Waals surface area (Å²) in [4.78, 5) is 11.9. The number of rotatable bonds is 9. The molecule has 1 aromatic rings. The van der Waals surface area contributed by atoms with Gasteiger partial charge in [-0.05, 0) is 41.9 Å². The van der Waals surface area contributed by atoms with E-state index in [0.29, 0.717) is 25.1 Å². The molecule has 0 aliphatic carbocycles. The Bertz CT molecular complexity index is 492. The molecular weight excluding hydrogens is 290 g/mol. The van der Waals surface area contributed by atoms with Crippen LogP contribution in [0.15, 0.2) is 18.2 Å². The molecule has 1 aromatic carbocycles. The molecule has 0 radical (unpaired) electrons. The van der Waals surface area contributed by atoms with Crippen molar-refractivity contribution in [3.05, 3.63) is 29.3 Å². The van der Waals surface area contributed by atoms with E-state index in [1.54, 1.807) is 6.07 Å². The SMILES string of the molecule is CC(C)(C)c1cc(CCC(=O)NCCCCCCO)ccc1O. The van der Waals surface area contributed by atoms with Gasteiger partial charge in [-0.15, -0.1) is 0 Å². The monoisotopic (exact) mass is 321 g/mol. The number of unbranched alkanes of at least 4 members (excludes halogenated alkanes) is 3. The van der Waals surface area contributed by atoms with Crippen LogP contribution in [0.25, 0.3) is 0 Å². The predicted molar refractivity (Wildman–Crippen MR) is 93.7 cm³/mol. The molecule has 0 unspecified atom stereocenters. The van der Waals surface area contributed by atoms with Crippen LogP contribution >= 0.6 is 0 Å². The third-order valence-corrected chi connectivity index (χ3v) is 3.92. The maximum Gasteiger partial charge on any atom is 0.220 e. The van der Waals surface area contributed by atoms with E-state index in [2.05, 4.69) is 26.1 Å². The van der Waals surface area contributed by atoms with Gasteiger partial charge in [-0.25, -0.2) is 0 Å². The summed E-state index contributed by atoms with van der Waals surface area (Å²) in [5, 5.41) is 21.6. The number of benzene rings is 1. The van der Waals surface area contributed by atoms with Crippen LogP contribution in [-0.2, 0) is 16.6 Å². The van der Waals surface area contributed by atoms with Crippen LogP contribution in [0.1, 0.15) is 64.0 Å². The van der Waals surface area contributed by atoms with E-state index >= 15 is 0 Å². The molecule has 4 heteroatoms. The first-order chi connectivity index (χ1) is 10.8. The average molecular weight is 321 g/mol. The summed E-state index contributed by atoms with van der Waals surface area (Å²) < 4.78 is 0. The van der Waals surface area contributed by atoms with Crippen LogP contribution < -0.4 is 5.32 Å². The zero-order valence-corrected chi connectivity index (χ0v) is 14.7. The lowest BCUT2D eigenvalue weighted by Crippen LogP contribution is -2.24. The molecule has 0 bridgehead atoms. The van der Waals surface area contributed by atoms with Crippen molar-refractivity contribution in [1.29, 1.82) is 0 Å². The lowest BCUT2D eigenvalue weighted by Gasteiger charge is -2.21. The molecule has 0 heterocycles. The van der Waals surface area contributed by atoms with E-state index in [0.717, 1.165) is 36.8 Å². The van der Waals surface area contributed by atoms with E-state index in [-0.39, 0.29) is 17.9 Å². The number of carbonyl (C=O) groups excluding carboxylic acids is 1. The number of nitrogens with one attached hydrogen (secondary N) is 1. The van der Waals surface area contributed by atoms with Gasteiger partial charge in [-0.2, -0.15) is 0 Å². The van der Waals surface area contributed by atoms with Crippen LogP contribution in [0.3, 0.4) is 0 Å². The molecule has 0 aliphatic heterocycles. The maximum absolute atomic E-state index is 11.9. The van der Waals surface area contributed by atoms with Crippen LogP contribution in [0, 0.1) is 0 Å². The molecule has 1 rings (SSSR count). The Kier molecular flexibility index (Phi) is 8.10. The van der Waals surface area contributed by atoms with Gasteiger partial charge >= 0.3 is 0 Å². The average Bonchev–Trinajstić information content (AvgIpc) is 2.48. The fraction of sp³-hybridized carbons (Fsp3) is 0.632. The van der Waals surface area contributed by atoms with Gasteiger partial charge in [0.1, 0.15) is 5.75 Å². The Morgan fingerprint density at radius 2 is 1.83 bits per heavy atom. The molecule has 1 amide bonds. The Morgan fingerprint density at radius 1 is 1.13 bits per heavy atom. The zero-order valence-electron chi connectivity index (χ0n) is 14.7. The number of aromatic hydroxyl groups is 1. The lowest BCUT2D eigenvalue weighted by atomic mass is 9.85. The van der Waals surface area contributed by atoms with Crippen molar-refractivity contribution in [3.8, 4) is 5.75 Å². The molecule has 0 fully saturated rings. The molecule has 0 saturated carbocycles. The standard InChI is InChI=1S/C19H31NO3/c1-19(2,3)16-14-15(8-10-17(16)22)9-11-18(23)20-12-6-4-5-7-13-21/h8,10,14,21-22H,4-7,9,11-13H2,1-3H3,(H,20,23). The third kappa shape index (κ3) is 7.51. The van der Waals surface area contributed by atoms with E-state index in [1.165, 1.54) is 0 Å². The normalized spacial score (nSPS) is 11.5. The summed E-state index contributed by atoms with van der Waals surface area (Å²) in [7, 11) is 0. The van der Waals surface area contributed by atoms with Gasteiger partial charge in [0.05, 0.1) is 0 Å². The number of aliphatic hydroxyl groups is 1. The topological polar surface area (TPSA) is 69.6 Å². The van der Waals surface area contributed by atoms with Gasteiger partial charge in [-0.3, -0.25) is 4.79 Å². The van der Waals surface area contributed by atoms with Crippen LogP contribution in [0.4, 0.5) is 0 Å². The number of hydrogen-bond acceptors (Lipinski definition) is 3. The summed E-state index contributed by atoms with van der Waals surface area (Å²) in [6.07, 6.45) is 4.98. The summed E-state index contributed by atoms with van der Waals surface area (Å²) in [6.45, 7) is 7.14. The quantitative estimate of drug-likeness (QED) is 0.611. The van der Waals surface area contributed by atoms with Gasteiger partial charge in [-0.1, -0.05) is 45.7 Å². The minimum absolute atomic E-state index is 0.0672. The fourth-order valence-electron chi connectivity index (χ4n) is 2.50. The number of carbonyl (C=O) groups is 1. The third-order valence-electron chi connectivity index (χ3n) is 3.92. The van der Waals surface area contributed by atoms with E-state index in [9.17, 15) is 9.90 Å². The van der Waals surface area contributed by atoms with Crippen LogP contribution in [0.2, 0.25) is 0 Å². The Hall–Kier alpha value is -1.55. The van der Waals surface area contributed by atoms with Crippen LogP contribution in [0.5, 0.6) is 5.75 Å². The lowest BCUT2D eigenvalue weighted by molar-refractivity contribution is -0.121. The number of hydrogen-bond donors (Lipinski definition) is 3. The van der Waals surface area contributed by atoms with Crippen molar-refractivity contribution in [1.82, 2.24) is 5.32 Å². The molecule has 3 N–H and O–H groups in total. The molecule has 0 aromatic heterocycles. The van der Waals surface area contributed by atoms with Gasteiger partial charge in [0.15, 0.2) is 0 Å². The van der Waals surface area contributed by atoms with Crippen LogP contribution in [-0.4, -0.2) is 29.3 Å². The van der Waals surface area contributed by atoms with Gasteiger partial charge in [0.2, 0.25) is 5.91 Å². The van der Waals surface area contributed by atoms with Gasteiger partial charge in [0.25, 0.3) is 0 Å². The van der Waals surface area contributed by atoms with Crippen molar-refractivity contribution in [2.75, 3.05) is 13.2 Å². The Morgan fingerprint density at radius 3 is 2.48 bits per heavy atom. The minimum atomic E-state index is -0.114. The first-order valence-corrected chi connectivity index (χ1v) is 8.54. The zero-order chi connectivity index (χ0) is 17.3.